The summed E-state index contributed by atoms with van der Waals surface area (Å²) in [7, 11) is 1.64. The van der Waals surface area contributed by atoms with Gasteiger partial charge in [0.2, 0.25) is 0 Å². The van der Waals surface area contributed by atoms with Gasteiger partial charge < -0.3 is 9.47 Å². The number of allylic oxidation sites excluding steroid dienone is 1. The molecule has 2 fully saturated rings. The van der Waals surface area contributed by atoms with Gasteiger partial charge in [0.1, 0.15) is 0 Å². The lowest BCUT2D eigenvalue weighted by molar-refractivity contribution is -0.119. The molecule has 3 rings (SSSR count). The van der Waals surface area contributed by atoms with E-state index in [1.807, 2.05) is 31.2 Å². The number of ketones is 1. The summed E-state index contributed by atoms with van der Waals surface area (Å²) in [4.78, 5) is 12.7. The Hall–Kier alpha value is -1.77. The molecule has 2 saturated carbocycles. The third-order valence-corrected chi connectivity index (χ3v) is 5.18. The van der Waals surface area contributed by atoms with E-state index >= 15 is 0 Å². The topological polar surface area (TPSA) is 35.5 Å². The maximum absolute atomic E-state index is 12.7. The largest absolute Gasteiger partial charge is 0.493 e. The number of carbonyl (C=O) groups excluding carboxylic acids is 1. The molecule has 0 radical (unpaired) electrons. The zero-order valence-corrected chi connectivity index (χ0v) is 14.1. The number of hydrogen-bond acceptors (Lipinski definition) is 3. The summed E-state index contributed by atoms with van der Waals surface area (Å²) < 4.78 is 10.9. The number of rotatable bonds is 5. The van der Waals surface area contributed by atoms with E-state index in [-0.39, 0.29) is 5.92 Å². The van der Waals surface area contributed by atoms with Crippen molar-refractivity contribution >= 4 is 11.9 Å². The molecule has 124 valence electrons. The molecular formula is C20H26O3. The van der Waals surface area contributed by atoms with Gasteiger partial charge in [-0.3, -0.25) is 4.79 Å². The summed E-state index contributed by atoms with van der Waals surface area (Å²) in [6, 6.07) is 5.87. The van der Waals surface area contributed by atoms with Crippen LogP contribution in [0.2, 0.25) is 0 Å². The van der Waals surface area contributed by atoms with Gasteiger partial charge in [-0.1, -0.05) is 18.9 Å². The first-order valence-corrected chi connectivity index (χ1v) is 8.78. The number of methoxy groups -OCH3 is 1. The second kappa shape index (κ2) is 7.20. The first kappa shape index (κ1) is 16.1. The van der Waals surface area contributed by atoms with Crippen molar-refractivity contribution in [2.45, 2.75) is 45.4 Å². The van der Waals surface area contributed by atoms with Crippen LogP contribution in [0.1, 0.15) is 51.0 Å². The second-order valence-electron chi connectivity index (χ2n) is 6.57. The van der Waals surface area contributed by atoms with Gasteiger partial charge in [-0.05, 0) is 67.9 Å². The van der Waals surface area contributed by atoms with E-state index in [1.165, 1.54) is 25.7 Å². The van der Waals surface area contributed by atoms with E-state index in [4.69, 9.17) is 9.47 Å². The van der Waals surface area contributed by atoms with Crippen LogP contribution in [0.15, 0.2) is 23.8 Å². The van der Waals surface area contributed by atoms with Crippen LogP contribution in [0.4, 0.5) is 0 Å². The zero-order chi connectivity index (χ0) is 16.2. The average molecular weight is 314 g/mol. The van der Waals surface area contributed by atoms with Crippen LogP contribution in [0, 0.1) is 11.8 Å². The Kier molecular flexibility index (Phi) is 5.04. The Morgan fingerprint density at radius 1 is 1.17 bits per heavy atom. The lowest BCUT2D eigenvalue weighted by atomic mass is 9.88. The molecule has 2 aliphatic carbocycles. The van der Waals surface area contributed by atoms with Crippen LogP contribution in [-0.4, -0.2) is 19.5 Å². The summed E-state index contributed by atoms with van der Waals surface area (Å²) in [5.74, 6) is 2.75. The van der Waals surface area contributed by atoms with Crippen molar-refractivity contribution in [2.75, 3.05) is 13.7 Å². The molecule has 0 aliphatic heterocycles. The van der Waals surface area contributed by atoms with Gasteiger partial charge in [0, 0.05) is 5.92 Å². The molecule has 3 nitrogen and oxygen atoms in total. The standard InChI is InChI=1S/C20H26O3/c1-3-23-18-11-8-14(13-19(18)22-2)12-16-9-10-17(20(16)21)15-6-4-5-7-15/h8,11-13,15,17H,3-7,9-10H2,1-2H3. The molecule has 3 heteroatoms. The minimum Gasteiger partial charge on any atom is -0.493 e. The predicted octanol–water partition coefficient (Wildman–Crippen LogP) is 4.65. The molecule has 0 bridgehead atoms. The summed E-state index contributed by atoms with van der Waals surface area (Å²) in [5, 5.41) is 0. The minimum absolute atomic E-state index is 0.272. The lowest BCUT2D eigenvalue weighted by Crippen LogP contribution is -2.16. The van der Waals surface area contributed by atoms with Crippen LogP contribution in [0.5, 0.6) is 11.5 Å². The van der Waals surface area contributed by atoms with Gasteiger partial charge in [0.25, 0.3) is 0 Å². The fraction of sp³-hybridized carbons (Fsp3) is 0.550. The van der Waals surface area contributed by atoms with Crippen LogP contribution in [-0.2, 0) is 4.79 Å². The quantitative estimate of drug-likeness (QED) is 0.742. The third-order valence-electron chi connectivity index (χ3n) is 5.18. The van der Waals surface area contributed by atoms with Crippen molar-refractivity contribution in [1.82, 2.24) is 0 Å². The first-order valence-electron chi connectivity index (χ1n) is 8.78. The van der Waals surface area contributed by atoms with Crippen LogP contribution >= 0.6 is 0 Å². The normalized spacial score (nSPS) is 23.7. The number of hydrogen-bond donors (Lipinski definition) is 0. The van der Waals surface area contributed by atoms with Crippen LogP contribution < -0.4 is 9.47 Å². The van der Waals surface area contributed by atoms with E-state index in [0.29, 0.717) is 18.3 Å². The van der Waals surface area contributed by atoms with Gasteiger partial charge in [-0.15, -0.1) is 0 Å². The SMILES string of the molecule is CCOc1ccc(C=C2CCC(C3CCCC3)C2=O)cc1OC. The molecule has 0 heterocycles. The number of Topliss-reactive ketones (excluding diaryl/α,β-unsaturated/α-hetero) is 1. The Morgan fingerprint density at radius 3 is 2.65 bits per heavy atom. The van der Waals surface area contributed by atoms with E-state index in [9.17, 15) is 4.79 Å². The van der Waals surface area contributed by atoms with Crippen molar-refractivity contribution in [3.63, 3.8) is 0 Å². The second-order valence-corrected chi connectivity index (χ2v) is 6.57. The van der Waals surface area contributed by atoms with Crippen LogP contribution in [0.3, 0.4) is 0 Å². The molecule has 0 aromatic heterocycles. The minimum atomic E-state index is 0.272. The van der Waals surface area contributed by atoms with Gasteiger partial charge in [0.05, 0.1) is 13.7 Å². The maximum Gasteiger partial charge on any atom is 0.162 e. The fourth-order valence-corrected chi connectivity index (χ4v) is 4.01. The lowest BCUT2D eigenvalue weighted by Gasteiger charge is -2.15. The Balaban J connectivity index is 1.77. The van der Waals surface area contributed by atoms with Gasteiger partial charge in [0.15, 0.2) is 17.3 Å². The van der Waals surface area contributed by atoms with Crippen molar-refractivity contribution < 1.29 is 14.3 Å². The molecule has 0 amide bonds. The van der Waals surface area contributed by atoms with Gasteiger partial charge in [-0.25, -0.2) is 0 Å². The Morgan fingerprint density at radius 2 is 1.96 bits per heavy atom. The summed E-state index contributed by atoms with van der Waals surface area (Å²) in [5.41, 5.74) is 1.99. The summed E-state index contributed by atoms with van der Waals surface area (Å²) >= 11 is 0. The molecular weight excluding hydrogens is 288 g/mol. The van der Waals surface area contributed by atoms with Gasteiger partial charge in [-0.2, -0.15) is 0 Å². The molecule has 23 heavy (non-hydrogen) atoms. The average Bonchev–Trinajstić information content (AvgIpc) is 3.20. The van der Waals surface area contributed by atoms with Crippen molar-refractivity contribution in [3.8, 4) is 11.5 Å². The highest BCUT2D eigenvalue weighted by Crippen LogP contribution is 2.41. The molecule has 1 unspecified atom stereocenters. The summed E-state index contributed by atoms with van der Waals surface area (Å²) in [6.07, 6.45) is 9.04. The number of carbonyl (C=O) groups is 1. The Bertz CT molecular complexity index is 597. The van der Waals surface area contributed by atoms with Crippen molar-refractivity contribution in [1.29, 1.82) is 0 Å². The van der Waals surface area contributed by atoms with E-state index in [1.54, 1.807) is 7.11 Å². The third kappa shape index (κ3) is 3.44. The monoisotopic (exact) mass is 314 g/mol. The molecule has 1 aromatic carbocycles. The van der Waals surface area contributed by atoms with E-state index in [2.05, 4.69) is 0 Å². The maximum atomic E-state index is 12.7. The number of benzene rings is 1. The molecule has 1 atom stereocenters. The van der Waals surface area contributed by atoms with Crippen molar-refractivity contribution in [3.05, 3.63) is 29.3 Å². The Labute approximate surface area is 138 Å². The first-order chi connectivity index (χ1) is 11.2. The highest BCUT2D eigenvalue weighted by molar-refractivity contribution is 6.03. The van der Waals surface area contributed by atoms with Crippen molar-refractivity contribution in [2.24, 2.45) is 11.8 Å². The highest BCUT2D eigenvalue weighted by Gasteiger charge is 2.36. The molecule has 0 saturated heterocycles. The molecule has 0 N–H and O–H groups in total. The molecule has 2 aliphatic rings. The predicted molar refractivity (Wildman–Crippen MR) is 91.8 cm³/mol. The molecule has 0 spiro atoms. The molecule has 1 aromatic rings. The van der Waals surface area contributed by atoms with E-state index in [0.717, 1.165) is 35.5 Å². The number of ether oxygens (including phenoxy) is 2. The smallest absolute Gasteiger partial charge is 0.162 e. The summed E-state index contributed by atoms with van der Waals surface area (Å²) in [6.45, 7) is 2.56. The van der Waals surface area contributed by atoms with E-state index < -0.39 is 0 Å². The van der Waals surface area contributed by atoms with Crippen LogP contribution in [0.25, 0.3) is 6.08 Å². The fourth-order valence-electron chi connectivity index (χ4n) is 4.01. The zero-order valence-electron chi connectivity index (χ0n) is 14.1. The van der Waals surface area contributed by atoms with Gasteiger partial charge >= 0.3 is 0 Å². The highest BCUT2D eigenvalue weighted by atomic mass is 16.5.